The van der Waals surface area contributed by atoms with E-state index in [1.54, 1.807) is 6.20 Å². The predicted octanol–water partition coefficient (Wildman–Crippen LogP) is 2.56. The molecule has 2 heterocycles. The summed E-state index contributed by atoms with van der Waals surface area (Å²) in [5, 5.41) is 8.82. The molecular formula is C19H23N5O2S. The summed E-state index contributed by atoms with van der Waals surface area (Å²) in [5.41, 5.74) is 1.37. The van der Waals surface area contributed by atoms with E-state index < -0.39 is 0 Å². The number of nitrogens with zero attached hydrogens (tertiary/aromatic N) is 3. The van der Waals surface area contributed by atoms with Crippen molar-refractivity contribution in [2.24, 2.45) is 0 Å². The molecule has 2 N–H and O–H groups in total. The highest BCUT2D eigenvalue weighted by Crippen LogP contribution is 2.48. The van der Waals surface area contributed by atoms with E-state index in [2.05, 4.69) is 25.6 Å². The molecule has 0 radical (unpaired) electrons. The van der Waals surface area contributed by atoms with Crippen LogP contribution in [0.2, 0.25) is 0 Å². The van der Waals surface area contributed by atoms with E-state index in [1.807, 2.05) is 19.2 Å². The first-order chi connectivity index (χ1) is 12.9. The Morgan fingerprint density at radius 3 is 2.30 bits per heavy atom. The van der Waals surface area contributed by atoms with Crippen molar-refractivity contribution >= 4 is 23.2 Å². The van der Waals surface area contributed by atoms with Crippen molar-refractivity contribution in [2.75, 3.05) is 0 Å². The minimum Gasteiger partial charge on any atom is -0.345 e. The minimum atomic E-state index is -0.285. The predicted molar refractivity (Wildman–Crippen MR) is 102 cm³/mol. The van der Waals surface area contributed by atoms with Crippen LogP contribution >= 0.6 is 11.3 Å². The van der Waals surface area contributed by atoms with Crippen molar-refractivity contribution in [1.29, 1.82) is 0 Å². The van der Waals surface area contributed by atoms with E-state index in [1.165, 1.54) is 17.5 Å². The fourth-order valence-corrected chi connectivity index (χ4v) is 5.15. The first-order valence-corrected chi connectivity index (χ1v) is 10.1. The maximum atomic E-state index is 12.7. The molecule has 2 atom stereocenters. The number of rotatable bonds is 4. The highest BCUT2D eigenvalue weighted by Gasteiger charge is 2.52. The zero-order chi connectivity index (χ0) is 19.1. The van der Waals surface area contributed by atoms with Crippen LogP contribution in [-0.2, 0) is 0 Å². The molecule has 2 bridgehead atoms. The van der Waals surface area contributed by atoms with Gasteiger partial charge in [-0.1, -0.05) is 0 Å². The quantitative estimate of drug-likeness (QED) is 0.843. The molecule has 2 aliphatic rings. The number of amides is 2. The summed E-state index contributed by atoms with van der Waals surface area (Å²) in [4.78, 5) is 37.9. The molecule has 27 heavy (non-hydrogen) atoms. The molecular weight excluding hydrogens is 362 g/mol. The van der Waals surface area contributed by atoms with Crippen LogP contribution in [-0.4, -0.2) is 37.8 Å². The Bertz CT molecular complexity index is 898. The number of hydrogen-bond donors (Lipinski definition) is 2. The normalized spacial score (nSPS) is 26.6. The molecule has 142 valence electrons. The van der Waals surface area contributed by atoms with Gasteiger partial charge in [-0.15, -0.1) is 11.3 Å². The number of nitrogens with one attached hydrogen (secondary N) is 2. The van der Waals surface area contributed by atoms with E-state index in [0.29, 0.717) is 10.7 Å². The smallest absolute Gasteiger partial charge is 0.280 e. The van der Waals surface area contributed by atoms with Crippen molar-refractivity contribution < 1.29 is 9.59 Å². The summed E-state index contributed by atoms with van der Waals surface area (Å²) in [5.74, 6) is -0.299. The van der Waals surface area contributed by atoms with Crippen molar-refractivity contribution in [3.63, 3.8) is 0 Å². The largest absolute Gasteiger partial charge is 0.345 e. The lowest BCUT2D eigenvalue weighted by Gasteiger charge is -2.40. The molecule has 2 amide bonds. The third-order valence-corrected chi connectivity index (χ3v) is 6.59. The van der Waals surface area contributed by atoms with Gasteiger partial charge in [-0.05, 0) is 52.4 Å². The second-order valence-electron chi connectivity index (χ2n) is 7.84. The molecule has 0 aromatic carbocycles. The molecule has 2 aromatic heterocycles. The molecule has 2 fully saturated rings. The highest BCUT2D eigenvalue weighted by molar-refractivity contribution is 7.11. The van der Waals surface area contributed by atoms with Crippen molar-refractivity contribution in [3.8, 4) is 0 Å². The van der Waals surface area contributed by atoms with E-state index >= 15 is 0 Å². The van der Waals surface area contributed by atoms with Gasteiger partial charge in [0.25, 0.3) is 11.8 Å². The standard InChI is InChI=1S/C19H23N5O2S/c1-12-8-20-9-14(21-12)15(25)23-18-4-3-5-19(11-18,7-6-18)24-16(26)17-22-13(2)10-27-17/h8-10H,3-7,11H2,1-2H3,(H,23,25)(H,24,26)/t18-,19-/m0/s1. The Kier molecular flexibility index (Phi) is 4.46. The number of aromatic nitrogens is 3. The van der Waals surface area contributed by atoms with E-state index in [4.69, 9.17) is 0 Å². The Morgan fingerprint density at radius 1 is 0.963 bits per heavy atom. The Morgan fingerprint density at radius 2 is 1.67 bits per heavy atom. The number of hydrogen-bond acceptors (Lipinski definition) is 6. The van der Waals surface area contributed by atoms with E-state index in [-0.39, 0.29) is 22.9 Å². The summed E-state index contributed by atoms with van der Waals surface area (Å²) in [6.45, 7) is 3.70. The lowest BCUT2D eigenvalue weighted by Crippen LogP contribution is -2.55. The molecule has 0 aliphatic heterocycles. The van der Waals surface area contributed by atoms with E-state index in [9.17, 15) is 9.59 Å². The number of carbonyl (C=O) groups excluding carboxylic acids is 2. The average Bonchev–Trinajstić information content (AvgIpc) is 3.16. The number of aryl methyl sites for hydroxylation is 2. The maximum absolute atomic E-state index is 12.7. The van der Waals surface area contributed by atoms with Crippen LogP contribution in [0.1, 0.15) is 70.2 Å². The van der Waals surface area contributed by atoms with Crippen molar-refractivity contribution in [3.05, 3.63) is 39.9 Å². The average molecular weight is 385 g/mol. The van der Waals surface area contributed by atoms with Crippen molar-refractivity contribution in [1.82, 2.24) is 25.6 Å². The molecule has 2 aromatic rings. The number of thiazole rings is 1. The van der Waals surface area contributed by atoms with Crippen LogP contribution in [0.15, 0.2) is 17.8 Å². The summed E-state index contributed by atoms with van der Waals surface area (Å²) in [6, 6.07) is 0. The third kappa shape index (κ3) is 3.58. The van der Waals surface area contributed by atoms with Gasteiger partial charge in [0, 0.05) is 28.3 Å². The summed E-state index contributed by atoms with van der Waals surface area (Å²) in [7, 11) is 0. The SMILES string of the molecule is Cc1cncc(C(=O)N[C@@]23CCC[C@](NC(=O)c4nc(C)cs4)(CC2)C3)n1. The highest BCUT2D eigenvalue weighted by atomic mass is 32.1. The fourth-order valence-electron chi connectivity index (χ4n) is 4.46. The Balaban J connectivity index is 1.48. The minimum absolute atomic E-state index is 0.110. The van der Waals surface area contributed by atoms with Gasteiger partial charge in [0.05, 0.1) is 11.9 Å². The van der Waals surface area contributed by atoms with Crippen LogP contribution in [0, 0.1) is 13.8 Å². The topological polar surface area (TPSA) is 96.9 Å². The number of carbonyl (C=O) groups is 2. The van der Waals surface area contributed by atoms with Gasteiger partial charge >= 0.3 is 0 Å². The molecule has 2 aliphatic carbocycles. The fraction of sp³-hybridized carbons (Fsp3) is 0.526. The zero-order valence-electron chi connectivity index (χ0n) is 15.5. The van der Waals surface area contributed by atoms with Gasteiger partial charge in [0.15, 0.2) is 5.01 Å². The molecule has 0 unspecified atom stereocenters. The molecule has 8 heteroatoms. The monoisotopic (exact) mass is 385 g/mol. The second kappa shape index (κ2) is 6.67. The van der Waals surface area contributed by atoms with Gasteiger partial charge in [-0.25, -0.2) is 9.97 Å². The van der Waals surface area contributed by atoms with Crippen molar-refractivity contribution in [2.45, 2.75) is 63.5 Å². The lowest BCUT2D eigenvalue weighted by molar-refractivity contribution is 0.0829. The maximum Gasteiger partial charge on any atom is 0.280 e. The summed E-state index contributed by atoms with van der Waals surface area (Å²) < 4.78 is 0. The summed E-state index contributed by atoms with van der Waals surface area (Å²) in [6.07, 6.45) is 8.43. The van der Waals surface area contributed by atoms with Crippen LogP contribution < -0.4 is 10.6 Å². The van der Waals surface area contributed by atoms with Crippen LogP contribution in [0.25, 0.3) is 0 Å². The van der Waals surface area contributed by atoms with Gasteiger partial charge in [-0.3, -0.25) is 14.6 Å². The molecule has 0 spiro atoms. The van der Waals surface area contributed by atoms with Gasteiger partial charge < -0.3 is 10.6 Å². The molecule has 0 saturated heterocycles. The summed E-state index contributed by atoms with van der Waals surface area (Å²) >= 11 is 1.37. The Hall–Kier alpha value is -2.35. The number of fused-ring (bicyclic) bond motifs is 2. The van der Waals surface area contributed by atoms with Crippen LogP contribution in [0.3, 0.4) is 0 Å². The lowest BCUT2D eigenvalue weighted by atomic mass is 9.78. The van der Waals surface area contributed by atoms with Crippen LogP contribution in [0.5, 0.6) is 0 Å². The van der Waals surface area contributed by atoms with Gasteiger partial charge in [0.1, 0.15) is 5.69 Å². The molecule has 7 nitrogen and oxygen atoms in total. The molecule has 2 saturated carbocycles. The molecule has 4 rings (SSSR count). The van der Waals surface area contributed by atoms with Gasteiger partial charge in [0.2, 0.25) is 0 Å². The third-order valence-electron chi connectivity index (χ3n) is 5.63. The van der Waals surface area contributed by atoms with Gasteiger partial charge in [-0.2, -0.15) is 0 Å². The Labute approximate surface area is 162 Å². The second-order valence-corrected chi connectivity index (χ2v) is 8.70. The first kappa shape index (κ1) is 18.0. The van der Waals surface area contributed by atoms with E-state index in [0.717, 1.165) is 49.9 Å². The zero-order valence-corrected chi connectivity index (χ0v) is 16.4. The van der Waals surface area contributed by atoms with Crippen LogP contribution in [0.4, 0.5) is 0 Å². The first-order valence-electron chi connectivity index (χ1n) is 9.25.